The fraction of sp³-hybridized carbons (Fsp3) is 0.600. The first-order valence-corrected chi connectivity index (χ1v) is 4.91. The standard InChI is InChI=1S/C10H14N2O2/c1-7(10(13)14)9-4-11-6-12(9)5-8-2-3-8/h4,6-8H,2-3,5H2,1H3,(H,13,14). The average Bonchev–Trinajstić information content (AvgIpc) is 2.82. The summed E-state index contributed by atoms with van der Waals surface area (Å²) in [7, 11) is 0. The van der Waals surface area contributed by atoms with E-state index in [-0.39, 0.29) is 0 Å². The molecule has 1 N–H and O–H groups in total. The summed E-state index contributed by atoms with van der Waals surface area (Å²) in [6, 6.07) is 0. The molecule has 1 heterocycles. The minimum Gasteiger partial charge on any atom is -0.481 e. The number of hydrogen-bond donors (Lipinski definition) is 1. The maximum absolute atomic E-state index is 10.8. The second-order valence-electron chi connectivity index (χ2n) is 3.97. The van der Waals surface area contributed by atoms with Gasteiger partial charge in [0.2, 0.25) is 0 Å². The summed E-state index contributed by atoms with van der Waals surface area (Å²) in [5.74, 6) is -0.511. The molecule has 0 radical (unpaired) electrons. The molecule has 76 valence electrons. The number of carboxylic acid groups (broad SMARTS) is 1. The molecular formula is C10H14N2O2. The third-order valence-electron chi connectivity index (χ3n) is 2.71. The zero-order valence-electron chi connectivity index (χ0n) is 8.18. The lowest BCUT2D eigenvalue weighted by molar-refractivity contribution is -0.138. The van der Waals surface area contributed by atoms with E-state index < -0.39 is 11.9 Å². The summed E-state index contributed by atoms with van der Waals surface area (Å²) in [6.45, 7) is 2.62. The molecular weight excluding hydrogens is 180 g/mol. The van der Waals surface area contributed by atoms with Gasteiger partial charge in [0.1, 0.15) is 0 Å². The Hall–Kier alpha value is -1.32. The first kappa shape index (κ1) is 9.24. The van der Waals surface area contributed by atoms with E-state index in [9.17, 15) is 4.79 Å². The minimum absolute atomic E-state index is 0.462. The molecule has 0 amide bonds. The molecule has 1 aliphatic carbocycles. The predicted molar refractivity (Wildman–Crippen MR) is 51.0 cm³/mol. The van der Waals surface area contributed by atoms with Gasteiger partial charge in [-0.05, 0) is 25.7 Å². The second-order valence-corrected chi connectivity index (χ2v) is 3.97. The van der Waals surface area contributed by atoms with Gasteiger partial charge in [-0.15, -0.1) is 0 Å². The molecule has 1 unspecified atom stereocenters. The van der Waals surface area contributed by atoms with Gasteiger partial charge in [-0.3, -0.25) is 4.79 Å². The smallest absolute Gasteiger partial charge is 0.312 e. The Morgan fingerprint density at radius 2 is 2.50 bits per heavy atom. The van der Waals surface area contributed by atoms with E-state index in [1.807, 2.05) is 4.57 Å². The van der Waals surface area contributed by atoms with E-state index in [0.717, 1.165) is 18.2 Å². The lowest BCUT2D eigenvalue weighted by Crippen LogP contribution is -2.13. The molecule has 0 spiro atoms. The molecule has 4 heteroatoms. The Morgan fingerprint density at radius 1 is 1.79 bits per heavy atom. The molecule has 0 bridgehead atoms. The summed E-state index contributed by atoms with van der Waals surface area (Å²) in [5.41, 5.74) is 0.810. The summed E-state index contributed by atoms with van der Waals surface area (Å²) in [5, 5.41) is 8.89. The van der Waals surface area contributed by atoms with Crippen LogP contribution in [-0.4, -0.2) is 20.6 Å². The number of aromatic nitrogens is 2. The van der Waals surface area contributed by atoms with Crippen molar-refractivity contribution in [3.05, 3.63) is 18.2 Å². The van der Waals surface area contributed by atoms with Crippen molar-refractivity contribution in [2.45, 2.75) is 32.2 Å². The molecule has 0 aliphatic heterocycles. The van der Waals surface area contributed by atoms with Gasteiger partial charge < -0.3 is 9.67 Å². The molecule has 0 saturated heterocycles. The van der Waals surface area contributed by atoms with E-state index in [1.165, 1.54) is 12.8 Å². The van der Waals surface area contributed by atoms with Crippen LogP contribution < -0.4 is 0 Å². The third kappa shape index (κ3) is 1.78. The molecule has 2 rings (SSSR count). The number of carboxylic acids is 1. The summed E-state index contributed by atoms with van der Waals surface area (Å²) in [4.78, 5) is 14.8. The highest BCUT2D eigenvalue weighted by atomic mass is 16.4. The second kappa shape index (κ2) is 3.44. The average molecular weight is 194 g/mol. The van der Waals surface area contributed by atoms with Gasteiger partial charge in [-0.25, -0.2) is 4.98 Å². The SMILES string of the molecule is CC(C(=O)O)c1cncn1CC1CC1. The van der Waals surface area contributed by atoms with Crippen molar-refractivity contribution in [2.24, 2.45) is 5.92 Å². The molecule has 1 aromatic heterocycles. The quantitative estimate of drug-likeness (QED) is 0.789. The Bertz CT molecular complexity index is 342. The van der Waals surface area contributed by atoms with Gasteiger partial charge in [-0.2, -0.15) is 0 Å². The predicted octanol–water partition coefficient (Wildman–Crippen LogP) is 1.48. The van der Waals surface area contributed by atoms with Gasteiger partial charge in [-0.1, -0.05) is 0 Å². The molecule has 1 atom stereocenters. The number of aliphatic carboxylic acids is 1. The maximum Gasteiger partial charge on any atom is 0.312 e. The van der Waals surface area contributed by atoms with Crippen LogP contribution in [0.5, 0.6) is 0 Å². The zero-order chi connectivity index (χ0) is 10.1. The van der Waals surface area contributed by atoms with E-state index in [4.69, 9.17) is 5.11 Å². The van der Waals surface area contributed by atoms with E-state index in [1.54, 1.807) is 19.4 Å². The Balaban J connectivity index is 2.14. The summed E-state index contributed by atoms with van der Waals surface area (Å²) < 4.78 is 1.97. The minimum atomic E-state index is -0.789. The van der Waals surface area contributed by atoms with Crippen molar-refractivity contribution in [2.75, 3.05) is 0 Å². The summed E-state index contributed by atoms with van der Waals surface area (Å²) in [6.07, 6.45) is 5.91. The van der Waals surface area contributed by atoms with Crippen molar-refractivity contribution < 1.29 is 9.90 Å². The molecule has 14 heavy (non-hydrogen) atoms. The van der Waals surface area contributed by atoms with Crippen molar-refractivity contribution in [1.82, 2.24) is 9.55 Å². The van der Waals surface area contributed by atoms with E-state index in [2.05, 4.69) is 4.98 Å². The molecule has 0 aromatic carbocycles. The van der Waals surface area contributed by atoms with Crippen molar-refractivity contribution in [1.29, 1.82) is 0 Å². The maximum atomic E-state index is 10.8. The van der Waals surface area contributed by atoms with Gasteiger partial charge in [0.25, 0.3) is 0 Å². The highest BCUT2D eigenvalue weighted by Crippen LogP contribution is 2.31. The number of rotatable bonds is 4. The topological polar surface area (TPSA) is 55.1 Å². The van der Waals surface area contributed by atoms with Crippen LogP contribution in [-0.2, 0) is 11.3 Å². The zero-order valence-corrected chi connectivity index (χ0v) is 8.18. The highest BCUT2D eigenvalue weighted by Gasteiger charge is 2.24. The molecule has 1 saturated carbocycles. The first-order valence-electron chi connectivity index (χ1n) is 4.91. The van der Waals surface area contributed by atoms with E-state index in [0.29, 0.717) is 0 Å². The Labute approximate surface area is 82.6 Å². The van der Waals surface area contributed by atoms with Crippen LogP contribution in [0.4, 0.5) is 0 Å². The van der Waals surface area contributed by atoms with E-state index >= 15 is 0 Å². The van der Waals surface area contributed by atoms with Crippen LogP contribution in [0, 0.1) is 5.92 Å². The monoisotopic (exact) mass is 194 g/mol. The van der Waals surface area contributed by atoms with Crippen molar-refractivity contribution >= 4 is 5.97 Å². The van der Waals surface area contributed by atoms with Crippen LogP contribution in [0.15, 0.2) is 12.5 Å². The van der Waals surface area contributed by atoms with Crippen molar-refractivity contribution in [3.63, 3.8) is 0 Å². The fourth-order valence-electron chi connectivity index (χ4n) is 1.55. The molecule has 4 nitrogen and oxygen atoms in total. The first-order chi connectivity index (χ1) is 6.68. The summed E-state index contributed by atoms with van der Waals surface area (Å²) >= 11 is 0. The lowest BCUT2D eigenvalue weighted by Gasteiger charge is -2.10. The Kier molecular flexibility index (Phi) is 2.27. The van der Waals surface area contributed by atoms with Gasteiger partial charge in [0.15, 0.2) is 0 Å². The lowest BCUT2D eigenvalue weighted by atomic mass is 10.1. The van der Waals surface area contributed by atoms with Gasteiger partial charge in [0.05, 0.1) is 17.9 Å². The largest absolute Gasteiger partial charge is 0.481 e. The number of imidazole rings is 1. The van der Waals surface area contributed by atoms with Crippen molar-refractivity contribution in [3.8, 4) is 0 Å². The van der Waals surface area contributed by atoms with Crippen LogP contribution in [0.2, 0.25) is 0 Å². The van der Waals surface area contributed by atoms with Gasteiger partial charge in [0, 0.05) is 12.7 Å². The van der Waals surface area contributed by atoms with Gasteiger partial charge >= 0.3 is 5.97 Å². The molecule has 1 fully saturated rings. The number of carbonyl (C=O) groups is 1. The third-order valence-corrected chi connectivity index (χ3v) is 2.71. The normalized spacial score (nSPS) is 18.1. The number of nitrogens with zero attached hydrogens (tertiary/aromatic N) is 2. The van der Waals surface area contributed by atoms with Crippen LogP contribution >= 0.6 is 0 Å². The van der Waals surface area contributed by atoms with Crippen LogP contribution in [0.25, 0.3) is 0 Å². The molecule has 1 aliphatic rings. The highest BCUT2D eigenvalue weighted by molar-refractivity contribution is 5.74. The Morgan fingerprint density at radius 3 is 3.07 bits per heavy atom. The van der Waals surface area contributed by atoms with Crippen LogP contribution in [0.1, 0.15) is 31.4 Å². The molecule has 1 aromatic rings. The fourth-order valence-corrected chi connectivity index (χ4v) is 1.55. The van der Waals surface area contributed by atoms with Crippen LogP contribution in [0.3, 0.4) is 0 Å². The number of hydrogen-bond acceptors (Lipinski definition) is 2.